The quantitative estimate of drug-likeness (QED) is 0.817. The smallest absolute Gasteiger partial charge is 0.410 e. The fourth-order valence-corrected chi connectivity index (χ4v) is 3.50. The van der Waals surface area contributed by atoms with Gasteiger partial charge in [-0.3, -0.25) is 4.98 Å². The number of aryl methyl sites for hydroxylation is 2. The number of nitrogens with two attached hydrogens (primary N) is 1. The molecule has 1 fully saturated rings. The first-order valence-corrected chi connectivity index (χ1v) is 9.89. The number of carbonyl (C=O) groups is 1. The van der Waals surface area contributed by atoms with Crippen molar-refractivity contribution in [3.63, 3.8) is 0 Å². The minimum absolute atomic E-state index is 0.130. The molecule has 0 radical (unpaired) electrons. The fourth-order valence-electron chi connectivity index (χ4n) is 2.51. The summed E-state index contributed by atoms with van der Waals surface area (Å²) in [6, 6.07) is 1.62. The number of nitrogens with zero attached hydrogens (tertiary/aromatic N) is 2. The van der Waals surface area contributed by atoms with E-state index in [-0.39, 0.29) is 16.6 Å². The Morgan fingerprint density at radius 1 is 1.20 bits per heavy atom. The van der Waals surface area contributed by atoms with Gasteiger partial charge in [-0.15, -0.1) is 0 Å². The van der Waals surface area contributed by atoms with Gasteiger partial charge >= 0.3 is 6.09 Å². The van der Waals surface area contributed by atoms with Gasteiger partial charge in [-0.25, -0.2) is 18.4 Å². The van der Waals surface area contributed by atoms with Gasteiger partial charge in [-0.2, -0.15) is 0 Å². The molecule has 0 unspecified atom stereocenters. The molecular formula is C17H29N3O4S. The topological polar surface area (TPSA) is 103 Å². The second kappa shape index (κ2) is 8.62. The van der Waals surface area contributed by atoms with Crippen molar-refractivity contribution in [2.45, 2.75) is 64.4 Å². The van der Waals surface area contributed by atoms with Crippen LogP contribution in [0.4, 0.5) is 4.79 Å². The molecule has 142 valence electrons. The van der Waals surface area contributed by atoms with E-state index in [0.29, 0.717) is 11.3 Å². The van der Waals surface area contributed by atoms with Gasteiger partial charge in [0.05, 0.1) is 5.69 Å². The van der Waals surface area contributed by atoms with Gasteiger partial charge < -0.3 is 9.64 Å². The molecule has 2 N–H and O–H groups in total. The van der Waals surface area contributed by atoms with Gasteiger partial charge in [0.15, 0.2) is 0 Å². The molecule has 2 rings (SSSR count). The van der Waals surface area contributed by atoms with Gasteiger partial charge in [-0.05, 0) is 65.5 Å². The predicted octanol–water partition coefficient (Wildman–Crippen LogP) is 2.75. The third-order valence-electron chi connectivity index (χ3n) is 3.57. The van der Waals surface area contributed by atoms with Crippen LogP contribution < -0.4 is 5.14 Å². The maximum Gasteiger partial charge on any atom is 0.410 e. The van der Waals surface area contributed by atoms with E-state index in [4.69, 9.17) is 9.88 Å². The number of aromatic nitrogens is 1. The second-order valence-electron chi connectivity index (χ2n) is 7.12. The number of hydrogen-bond donors (Lipinski definition) is 1. The largest absolute Gasteiger partial charge is 0.444 e. The Labute approximate surface area is 150 Å². The number of piperidine rings is 1. The van der Waals surface area contributed by atoms with E-state index in [1.807, 2.05) is 20.8 Å². The Kier molecular flexibility index (Phi) is 7.37. The number of sulfonamides is 1. The average Bonchev–Trinajstić information content (AvgIpc) is 2.45. The van der Waals surface area contributed by atoms with Crippen LogP contribution >= 0.6 is 0 Å². The zero-order valence-electron chi connectivity index (χ0n) is 15.7. The van der Waals surface area contributed by atoms with Crippen LogP contribution in [0.15, 0.2) is 17.2 Å². The molecule has 1 aliphatic heterocycles. The number of hydrogen-bond acceptors (Lipinski definition) is 5. The van der Waals surface area contributed by atoms with Crippen LogP contribution in [0.3, 0.4) is 0 Å². The molecule has 25 heavy (non-hydrogen) atoms. The first-order chi connectivity index (χ1) is 11.4. The van der Waals surface area contributed by atoms with Crippen molar-refractivity contribution < 1.29 is 17.9 Å². The van der Waals surface area contributed by atoms with Crippen LogP contribution in [0.1, 0.15) is 51.3 Å². The van der Waals surface area contributed by atoms with Crippen LogP contribution in [0.5, 0.6) is 0 Å². The SMILES string of the molecule is CC(C)(C)OC(=O)N1CCCCC1.Cc1ccnc(C)c1S(N)(=O)=O. The van der Waals surface area contributed by atoms with Gasteiger partial charge in [0, 0.05) is 19.3 Å². The number of primary sulfonamides is 1. The lowest BCUT2D eigenvalue weighted by molar-refractivity contribution is 0.0216. The van der Waals surface area contributed by atoms with E-state index < -0.39 is 10.0 Å². The molecule has 1 aliphatic rings. The number of likely N-dealkylation sites (tertiary alicyclic amines) is 1. The zero-order chi connectivity index (χ0) is 19.3. The van der Waals surface area contributed by atoms with Crippen molar-refractivity contribution in [2.24, 2.45) is 5.14 Å². The molecule has 0 aromatic carbocycles. The van der Waals surface area contributed by atoms with E-state index >= 15 is 0 Å². The first kappa shape index (κ1) is 21.4. The lowest BCUT2D eigenvalue weighted by atomic mass is 10.1. The number of rotatable bonds is 1. The molecule has 0 saturated carbocycles. The fraction of sp³-hybridized carbons (Fsp3) is 0.647. The van der Waals surface area contributed by atoms with Crippen molar-refractivity contribution in [3.8, 4) is 0 Å². The summed E-state index contributed by atoms with van der Waals surface area (Å²) in [7, 11) is -3.63. The minimum Gasteiger partial charge on any atom is -0.444 e. The van der Waals surface area contributed by atoms with Crippen molar-refractivity contribution >= 4 is 16.1 Å². The van der Waals surface area contributed by atoms with Crippen molar-refractivity contribution in [1.29, 1.82) is 0 Å². The van der Waals surface area contributed by atoms with Gasteiger partial charge in [-0.1, -0.05) is 0 Å². The Morgan fingerprint density at radius 3 is 2.16 bits per heavy atom. The van der Waals surface area contributed by atoms with E-state index in [2.05, 4.69) is 4.98 Å². The lowest BCUT2D eigenvalue weighted by Crippen LogP contribution is -2.39. The monoisotopic (exact) mass is 371 g/mol. The third kappa shape index (κ3) is 7.39. The Bertz CT molecular complexity index is 670. The van der Waals surface area contributed by atoms with E-state index in [9.17, 15) is 13.2 Å². The summed E-state index contributed by atoms with van der Waals surface area (Å²) in [5.74, 6) is 0. The number of amides is 1. The molecule has 1 aromatic heterocycles. The molecule has 8 heteroatoms. The van der Waals surface area contributed by atoms with E-state index in [1.165, 1.54) is 6.42 Å². The van der Waals surface area contributed by atoms with Crippen LogP contribution in [0, 0.1) is 13.8 Å². The van der Waals surface area contributed by atoms with Crippen LogP contribution in [0.2, 0.25) is 0 Å². The predicted molar refractivity (Wildman–Crippen MR) is 96.7 cm³/mol. The molecule has 2 heterocycles. The second-order valence-corrected chi connectivity index (χ2v) is 8.61. The summed E-state index contributed by atoms with van der Waals surface area (Å²) >= 11 is 0. The van der Waals surface area contributed by atoms with Crippen LogP contribution in [0.25, 0.3) is 0 Å². The van der Waals surface area contributed by atoms with Crippen molar-refractivity contribution in [3.05, 3.63) is 23.5 Å². The minimum atomic E-state index is -3.63. The molecule has 7 nitrogen and oxygen atoms in total. The molecule has 1 amide bonds. The molecule has 0 atom stereocenters. The Morgan fingerprint density at radius 2 is 1.76 bits per heavy atom. The summed E-state index contributed by atoms with van der Waals surface area (Å²) in [6.45, 7) is 10.7. The highest BCUT2D eigenvalue weighted by molar-refractivity contribution is 7.89. The van der Waals surface area contributed by atoms with Gasteiger partial charge in [0.1, 0.15) is 10.5 Å². The highest BCUT2D eigenvalue weighted by Gasteiger charge is 2.22. The van der Waals surface area contributed by atoms with Crippen molar-refractivity contribution in [1.82, 2.24) is 9.88 Å². The molecule has 0 aliphatic carbocycles. The highest BCUT2D eigenvalue weighted by atomic mass is 32.2. The van der Waals surface area contributed by atoms with Gasteiger partial charge in [0.2, 0.25) is 10.0 Å². The Hall–Kier alpha value is -1.67. The maximum absolute atomic E-state index is 11.5. The molecular weight excluding hydrogens is 342 g/mol. The Balaban J connectivity index is 0.000000251. The number of ether oxygens (including phenoxy) is 1. The lowest BCUT2D eigenvalue weighted by Gasteiger charge is -2.29. The summed E-state index contributed by atoms with van der Waals surface area (Å²) in [6.07, 6.45) is 4.85. The number of carbonyl (C=O) groups excluding carboxylic acids is 1. The van der Waals surface area contributed by atoms with E-state index in [0.717, 1.165) is 25.9 Å². The average molecular weight is 372 g/mol. The third-order valence-corrected chi connectivity index (χ3v) is 4.76. The summed E-state index contributed by atoms with van der Waals surface area (Å²) in [5.41, 5.74) is 0.705. The number of pyridine rings is 1. The van der Waals surface area contributed by atoms with E-state index in [1.54, 1.807) is 31.0 Å². The summed E-state index contributed by atoms with van der Waals surface area (Å²) in [4.78, 5) is 17.3. The maximum atomic E-state index is 11.5. The molecule has 0 spiro atoms. The summed E-state index contributed by atoms with van der Waals surface area (Å²) in [5, 5.41) is 4.99. The standard InChI is InChI=1S/C10H19NO2.C7H10N2O2S/c1-10(2,3)13-9(12)11-7-5-4-6-8-11;1-5-3-4-9-6(2)7(5)12(8,10)11/h4-8H2,1-3H3;3-4H,1-2H3,(H2,8,10,11). The molecule has 0 bridgehead atoms. The highest BCUT2D eigenvalue weighted by Crippen LogP contribution is 2.15. The normalized spacial score (nSPS) is 15.2. The summed E-state index contributed by atoms with van der Waals surface area (Å²) < 4.78 is 27.3. The van der Waals surface area contributed by atoms with Crippen LogP contribution in [-0.4, -0.2) is 43.1 Å². The van der Waals surface area contributed by atoms with Crippen molar-refractivity contribution in [2.75, 3.05) is 13.1 Å². The van der Waals surface area contributed by atoms with Gasteiger partial charge in [0.25, 0.3) is 0 Å². The van der Waals surface area contributed by atoms with Crippen LogP contribution in [-0.2, 0) is 14.8 Å². The zero-order valence-corrected chi connectivity index (χ0v) is 16.5. The molecule has 1 saturated heterocycles. The first-order valence-electron chi connectivity index (χ1n) is 8.35. The molecule has 1 aromatic rings.